The summed E-state index contributed by atoms with van der Waals surface area (Å²) in [5.74, 6) is -0.212. The number of alkyl carbamates (subject to hydrolysis) is 1. The summed E-state index contributed by atoms with van der Waals surface area (Å²) in [7, 11) is 0. The number of hydrogen-bond donors (Lipinski definition) is 2. The number of hydrogen-bond acceptors (Lipinski definition) is 3. The quantitative estimate of drug-likeness (QED) is 0.846. The van der Waals surface area contributed by atoms with Crippen molar-refractivity contribution in [1.29, 1.82) is 0 Å². The van der Waals surface area contributed by atoms with Gasteiger partial charge in [0.15, 0.2) is 0 Å². The smallest absolute Gasteiger partial charge is 0.408 e. The molecule has 2 unspecified atom stereocenters. The van der Waals surface area contributed by atoms with Crippen LogP contribution < -0.4 is 10.6 Å². The molecule has 5 heteroatoms. The Kier molecular flexibility index (Phi) is 7.07. The summed E-state index contributed by atoms with van der Waals surface area (Å²) >= 11 is 0. The Morgan fingerprint density at radius 2 is 1.70 bits per heavy atom. The summed E-state index contributed by atoms with van der Waals surface area (Å²) in [5, 5.41) is 5.45. The van der Waals surface area contributed by atoms with Gasteiger partial charge in [-0.25, -0.2) is 4.79 Å². The molecule has 5 nitrogen and oxygen atoms in total. The predicted octanol–water partition coefficient (Wildman–Crippen LogP) is 3.04. The molecule has 2 N–H and O–H groups in total. The first-order valence-electron chi connectivity index (χ1n) is 8.01. The van der Waals surface area contributed by atoms with Crippen LogP contribution in [0, 0.1) is 0 Å². The molecule has 0 aliphatic carbocycles. The van der Waals surface area contributed by atoms with Gasteiger partial charge in [0.05, 0.1) is 0 Å². The minimum atomic E-state index is -0.635. The van der Waals surface area contributed by atoms with E-state index in [-0.39, 0.29) is 11.9 Å². The van der Waals surface area contributed by atoms with Gasteiger partial charge in [0.1, 0.15) is 11.6 Å². The molecule has 1 aromatic carbocycles. The minimum Gasteiger partial charge on any atom is -0.444 e. The molecule has 2 atom stereocenters. The minimum absolute atomic E-state index is 0.0330. The van der Waals surface area contributed by atoms with Gasteiger partial charge in [0.25, 0.3) is 0 Å². The fourth-order valence-corrected chi connectivity index (χ4v) is 2.02. The third kappa shape index (κ3) is 8.24. The third-order valence-corrected chi connectivity index (χ3v) is 3.22. The van der Waals surface area contributed by atoms with E-state index in [0.717, 1.165) is 12.8 Å². The number of carbonyl (C=O) groups is 2. The van der Waals surface area contributed by atoms with E-state index in [4.69, 9.17) is 4.74 Å². The average Bonchev–Trinajstić information content (AvgIpc) is 2.44. The molecule has 0 saturated heterocycles. The van der Waals surface area contributed by atoms with Crippen molar-refractivity contribution in [1.82, 2.24) is 10.6 Å². The number of aryl methyl sites for hydroxylation is 1. The van der Waals surface area contributed by atoms with E-state index in [1.165, 1.54) is 5.56 Å². The number of carbonyl (C=O) groups excluding carboxylic acids is 2. The molecule has 0 aliphatic heterocycles. The van der Waals surface area contributed by atoms with Crippen LogP contribution in [0.5, 0.6) is 0 Å². The van der Waals surface area contributed by atoms with Gasteiger partial charge in [0.2, 0.25) is 5.91 Å². The fraction of sp³-hybridized carbons (Fsp3) is 0.556. The molecule has 2 amide bonds. The molecule has 128 valence electrons. The zero-order valence-corrected chi connectivity index (χ0v) is 14.7. The molecule has 0 radical (unpaired) electrons. The lowest BCUT2D eigenvalue weighted by molar-refractivity contribution is -0.123. The van der Waals surface area contributed by atoms with E-state index in [9.17, 15) is 9.59 Å². The van der Waals surface area contributed by atoms with E-state index in [1.807, 2.05) is 25.1 Å². The van der Waals surface area contributed by atoms with Gasteiger partial charge in [-0.1, -0.05) is 30.3 Å². The molecule has 0 heterocycles. The Labute approximate surface area is 138 Å². The molecule has 23 heavy (non-hydrogen) atoms. The first kappa shape index (κ1) is 19.0. The Balaban J connectivity index is 2.35. The molecule has 0 aromatic heterocycles. The number of ether oxygens (including phenoxy) is 1. The Morgan fingerprint density at radius 3 is 2.26 bits per heavy atom. The van der Waals surface area contributed by atoms with Crippen LogP contribution in [0.15, 0.2) is 30.3 Å². The van der Waals surface area contributed by atoms with E-state index in [1.54, 1.807) is 27.7 Å². The molecular weight excluding hydrogens is 292 g/mol. The Hall–Kier alpha value is -2.04. The van der Waals surface area contributed by atoms with Crippen molar-refractivity contribution in [3.63, 3.8) is 0 Å². The summed E-state index contributed by atoms with van der Waals surface area (Å²) in [4.78, 5) is 23.7. The molecule has 0 bridgehead atoms. The van der Waals surface area contributed by atoms with Gasteiger partial charge in [-0.2, -0.15) is 0 Å². The van der Waals surface area contributed by atoms with Crippen molar-refractivity contribution in [2.75, 3.05) is 0 Å². The van der Waals surface area contributed by atoms with E-state index >= 15 is 0 Å². The maximum atomic E-state index is 12.1. The van der Waals surface area contributed by atoms with Gasteiger partial charge in [0, 0.05) is 6.04 Å². The van der Waals surface area contributed by atoms with E-state index in [2.05, 4.69) is 22.8 Å². The fourth-order valence-electron chi connectivity index (χ4n) is 2.02. The summed E-state index contributed by atoms with van der Waals surface area (Å²) < 4.78 is 5.14. The Bertz CT molecular complexity index is 509. The van der Waals surface area contributed by atoms with Crippen LogP contribution in [0.25, 0.3) is 0 Å². The molecule has 0 fully saturated rings. The highest BCUT2D eigenvalue weighted by Crippen LogP contribution is 2.07. The normalized spacial score (nSPS) is 13.8. The molecule has 1 rings (SSSR count). The molecule has 0 spiro atoms. The van der Waals surface area contributed by atoms with Gasteiger partial charge in [-0.3, -0.25) is 4.79 Å². The zero-order valence-electron chi connectivity index (χ0n) is 14.7. The highest BCUT2D eigenvalue weighted by Gasteiger charge is 2.21. The van der Waals surface area contributed by atoms with Gasteiger partial charge < -0.3 is 15.4 Å². The first-order valence-corrected chi connectivity index (χ1v) is 8.01. The molecule has 0 aliphatic rings. The zero-order chi connectivity index (χ0) is 17.5. The van der Waals surface area contributed by atoms with Crippen molar-refractivity contribution in [3.8, 4) is 0 Å². The largest absolute Gasteiger partial charge is 0.444 e. The summed E-state index contributed by atoms with van der Waals surface area (Å²) in [6.07, 6.45) is 1.16. The second kappa shape index (κ2) is 8.56. The van der Waals surface area contributed by atoms with Crippen LogP contribution in [0.1, 0.15) is 46.6 Å². The van der Waals surface area contributed by atoms with E-state index in [0.29, 0.717) is 0 Å². The lowest BCUT2D eigenvalue weighted by Crippen LogP contribution is -2.48. The van der Waals surface area contributed by atoms with Crippen molar-refractivity contribution in [3.05, 3.63) is 35.9 Å². The lowest BCUT2D eigenvalue weighted by Gasteiger charge is -2.22. The molecular formula is C18H28N2O3. The van der Waals surface area contributed by atoms with Crippen LogP contribution in [-0.4, -0.2) is 29.7 Å². The maximum absolute atomic E-state index is 12.1. The van der Waals surface area contributed by atoms with Gasteiger partial charge in [-0.15, -0.1) is 0 Å². The van der Waals surface area contributed by atoms with Crippen LogP contribution in [0.4, 0.5) is 4.79 Å². The number of rotatable bonds is 6. The highest BCUT2D eigenvalue weighted by atomic mass is 16.6. The van der Waals surface area contributed by atoms with Crippen molar-refractivity contribution in [2.45, 2.75) is 65.1 Å². The second-order valence-corrected chi connectivity index (χ2v) is 6.80. The summed E-state index contributed by atoms with van der Waals surface area (Å²) in [6.45, 7) is 8.94. The average molecular weight is 320 g/mol. The third-order valence-electron chi connectivity index (χ3n) is 3.22. The van der Waals surface area contributed by atoms with E-state index < -0.39 is 17.7 Å². The molecule has 0 saturated carbocycles. The standard InChI is InChI=1S/C18H28N2O3/c1-13(11-12-15-9-7-6-8-10-15)19-16(21)14(2)20-17(22)23-18(3,4)5/h6-10,13-14H,11-12H2,1-5H3,(H,19,21)(H,20,22). The number of nitrogens with one attached hydrogen (secondary N) is 2. The van der Waals surface area contributed by atoms with Crippen LogP contribution in [-0.2, 0) is 16.0 Å². The van der Waals surface area contributed by atoms with Crippen molar-refractivity contribution in [2.24, 2.45) is 0 Å². The summed E-state index contributed by atoms with van der Waals surface area (Å²) in [5.41, 5.74) is 0.664. The SMILES string of the molecule is CC(CCc1ccccc1)NC(=O)C(C)NC(=O)OC(C)(C)C. The monoisotopic (exact) mass is 320 g/mol. The Morgan fingerprint density at radius 1 is 1.09 bits per heavy atom. The highest BCUT2D eigenvalue weighted by molar-refractivity contribution is 5.85. The lowest BCUT2D eigenvalue weighted by atomic mass is 10.1. The van der Waals surface area contributed by atoms with Crippen LogP contribution in [0.3, 0.4) is 0 Å². The van der Waals surface area contributed by atoms with Crippen molar-refractivity contribution >= 4 is 12.0 Å². The topological polar surface area (TPSA) is 67.4 Å². The number of amides is 2. The summed E-state index contributed by atoms with van der Waals surface area (Å²) in [6, 6.07) is 9.53. The van der Waals surface area contributed by atoms with Gasteiger partial charge in [-0.05, 0) is 53.0 Å². The van der Waals surface area contributed by atoms with Crippen LogP contribution >= 0.6 is 0 Å². The predicted molar refractivity (Wildman–Crippen MR) is 91.2 cm³/mol. The maximum Gasteiger partial charge on any atom is 0.408 e. The first-order chi connectivity index (χ1) is 10.7. The molecule has 1 aromatic rings. The van der Waals surface area contributed by atoms with Crippen LogP contribution in [0.2, 0.25) is 0 Å². The van der Waals surface area contributed by atoms with Gasteiger partial charge >= 0.3 is 6.09 Å². The van der Waals surface area contributed by atoms with Crippen molar-refractivity contribution < 1.29 is 14.3 Å². The number of benzene rings is 1. The second-order valence-electron chi connectivity index (χ2n) is 6.80.